The molecule has 0 unspecified atom stereocenters. The molecule has 3 heteroatoms. The van der Waals surface area contributed by atoms with Gasteiger partial charge in [0.05, 0.1) is 13.2 Å². The number of benzene rings is 2. The minimum absolute atomic E-state index is 0.652. The summed E-state index contributed by atoms with van der Waals surface area (Å²) < 4.78 is 5.31. The van der Waals surface area contributed by atoms with Gasteiger partial charge in [0.2, 0.25) is 0 Å². The molecule has 0 amide bonds. The minimum Gasteiger partial charge on any atom is -0.379 e. The third kappa shape index (κ3) is 6.28. The number of nitrogens with zero attached hydrogens (tertiary/aromatic N) is 1. The van der Waals surface area contributed by atoms with Gasteiger partial charge in [0.15, 0.2) is 0 Å². The summed E-state index contributed by atoms with van der Waals surface area (Å²) in [7, 11) is 0. The fraction of sp³-hybridized carbons (Fsp3) is 0.227. The smallest absolute Gasteiger partial charge is 0.150 e. The standard InChI is InChI=1S/C13H15NO.C9H6O/c1-2-12-3-5-13(6-4-12)11-14-7-9-15-10-8-14;1-2-8-3-5-9(7-10)6-4-8/h1,3-6H,7-11H2;1,3-7H. The van der Waals surface area contributed by atoms with Crippen molar-refractivity contribution in [2.24, 2.45) is 0 Å². The molecular formula is C22H21NO2. The molecule has 1 heterocycles. The maximum atomic E-state index is 10.2. The second-order valence-electron chi connectivity index (χ2n) is 5.61. The number of morpholine rings is 1. The average molecular weight is 331 g/mol. The zero-order valence-electron chi connectivity index (χ0n) is 14.2. The van der Waals surface area contributed by atoms with Crippen molar-refractivity contribution in [2.45, 2.75) is 6.54 Å². The molecule has 126 valence electrons. The highest BCUT2D eigenvalue weighted by atomic mass is 16.5. The number of hydrogen-bond donors (Lipinski definition) is 0. The topological polar surface area (TPSA) is 29.5 Å². The second-order valence-corrected chi connectivity index (χ2v) is 5.61. The molecule has 1 aliphatic rings. The van der Waals surface area contributed by atoms with Crippen LogP contribution in [0.5, 0.6) is 0 Å². The van der Waals surface area contributed by atoms with E-state index in [0.717, 1.165) is 50.3 Å². The van der Waals surface area contributed by atoms with E-state index in [0.29, 0.717) is 5.56 Å². The Labute approximate surface area is 149 Å². The third-order valence-corrected chi connectivity index (χ3v) is 3.84. The van der Waals surface area contributed by atoms with Crippen molar-refractivity contribution in [3.05, 3.63) is 70.8 Å². The van der Waals surface area contributed by atoms with E-state index in [4.69, 9.17) is 17.6 Å². The molecule has 2 aromatic rings. The van der Waals surface area contributed by atoms with Crippen molar-refractivity contribution < 1.29 is 9.53 Å². The highest BCUT2D eigenvalue weighted by molar-refractivity contribution is 5.74. The molecule has 0 radical (unpaired) electrons. The maximum absolute atomic E-state index is 10.2. The van der Waals surface area contributed by atoms with Gasteiger partial charge >= 0.3 is 0 Å². The van der Waals surface area contributed by atoms with Crippen LogP contribution >= 0.6 is 0 Å². The molecule has 1 saturated heterocycles. The zero-order chi connectivity index (χ0) is 17.9. The third-order valence-electron chi connectivity index (χ3n) is 3.84. The van der Waals surface area contributed by atoms with Crippen molar-refractivity contribution in [3.63, 3.8) is 0 Å². The summed E-state index contributed by atoms with van der Waals surface area (Å²) in [6.07, 6.45) is 11.2. The SMILES string of the molecule is C#Cc1ccc(C=O)cc1.C#Cc1ccc(CN2CCOCC2)cc1. The quantitative estimate of drug-likeness (QED) is 0.640. The van der Waals surface area contributed by atoms with Crippen molar-refractivity contribution in [1.29, 1.82) is 0 Å². The number of carbonyl (C=O) groups is 1. The van der Waals surface area contributed by atoms with Crippen LogP contribution in [-0.2, 0) is 11.3 Å². The summed E-state index contributed by atoms with van der Waals surface area (Å²) in [6.45, 7) is 4.74. The number of terminal acetylenes is 2. The van der Waals surface area contributed by atoms with Crippen LogP contribution in [0.4, 0.5) is 0 Å². The summed E-state index contributed by atoms with van der Waals surface area (Å²) in [5.41, 5.74) is 3.71. The molecule has 2 aromatic carbocycles. The molecule has 0 N–H and O–H groups in total. The van der Waals surface area contributed by atoms with Gasteiger partial charge in [-0.1, -0.05) is 36.1 Å². The summed E-state index contributed by atoms with van der Waals surface area (Å²) in [5.74, 6) is 5.09. The van der Waals surface area contributed by atoms with Crippen LogP contribution in [0.1, 0.15) is 27.0 Å². The van der Waals surface area contributed by atoms with Gasteiger partial charge in [-0.2, -0.15) is 0 Å². The van der Waals surface area contributed by atoms with Crippen molar-refractivity contribution in [3.8, 4) is 24.7 Å². The Morgan fingerprint density at radius 1 is 0.920 bits per heavy atom. The number of aldehydes is 1. The lowest BCUT2D eigenvalue weighted by Gasteiger charge is -2.26. The van der Waals surface area contributed by atoms with Gasteiger partial charge in [0.1, 0.15) is 6.29 Å². The van der Waals surface area contributed by atoms with E-state index in [1.807, 2.05) is 12.1 Å². The van der Waals surface area contributed by atoms with E-state index in [9.17, 15) is 4.79 Å². The Bertz CT molecular complexity index is 743. The molecule has 1 aliphatic heterocycles. The van der Waals surface area contributed by atoms with E-state index >= 15 is 0 Å². The molecule has 25 heavy (non-hydrogen) atoms. The lowest BCUT2D eigenvalue weighted by molar-refractivity contribution is 0.0342. The van der Waals surface area contributed by atoms with Crippen molar-refractivity contribution in [1.82, 2.24) is 4.90 Å². The number of hydrogen-bond acceptors (Lipinski definition) is 3. The molecule has 3 nitrogen and oxygen atoms in total. The van der Waals surface area contributed by atoms with Crippen molar-refractivity contribution >= 4 is 6.29 Å². The van der Waals surface area contributed by atoms with Crippen LogP contribution in [-0.4, -0.2) is 37.5 Å². The first-order valence-corrected chi connectivity index (χ1v) is 8.12. The van der Waals surface area contributed by atoms with Gasteiger partial charge < -0.3 is 4.74 Å². The Balaban J connectivity index is 0.000000196. The molecular weight excluding hydrogens is 310 g/mol. The van der Waals surface area contributed by atoms with E-state index in [1.165, 1.54) is 5.56 Å². The summed E-state index contributed by atoms with van der Waals surface area (Å²) >= 11 is 0. The van der Waals surface area contributed by atoms with Gasteiger partial charge in [-0.05, 0) is 29.8 Å². The number of carbonyl (C=O) groups excluding carboxylic acids is 1. The minimum atomic E-state index is 0.652. The second kappa shape index (κ2) is 10.1. The van der Waals surface area contributed by atoms with Crippen LogP contribution < -0.4 is 0 Å². The monoisotopic (exact) mass is 331 g/mol. The van der Waals surface area contributed by atoms with Gasteiger partial charge in [-0.3, -0.25) is 9.69 Å². The fourth-order valence-electron chi connectivity index (χ4n) is 2.38. The summed E-state index contributed by atoms with van der Waals surface area (Å²) in [6, 6.07) is 15.1. The first-order valence-electron chi connectivity index (χ1n) is 8.12. The normalized spacial score (nSPS) is 13.7. The number of rotatable bonds is 3. The highest BCUT2D eigenvalue weighted by Crippen LogP contribution is 2.08. The first-order chi connectivity index (χ1) is 12.2. The predicted molar refractivity (Wildman–Crippen MR) is 100 cm³/mol. The average Bonchev–Trinajstić information content (AvgIpc) is 2.70. The molecule has 3 rings (SSSR count). The highest BCUT2D eigenvalue weighted by Gasteiger charge is 2.10. The molecule has 0 aliphatic carbocycles. The fourth-order valence-corrected chi connectivity index (χ4v) is 2.38. The number of ether oxygens (including phenoxy) is 1. The van der Waals surface area contributed by atoms with E-state index in [1.54, 1.807) is 24.3 Å². The van der Waals surface area contributed by atoms with Gasteiger partial charge in [0.25, 0.3) is 0 Å². The Kier molecular flexibility index (Phi) is 7.47. The van der Waals surface area contributed by atoms with Gasteiger partial charge in [0, 0.05) is 36.3 Å². The molecule has 0 spiro atoms. The van der Waals surface area contributed by atoms with Crippen LogP contribution in [0.3, 0.4) is 0 Å². The van der Waals surface area contributed by atoms with Crippen LogP contribution in [0.25, 0.3) is 0 Å². The van der Waals surface area contributed by atoms with E-state index < -0.39 is 0 Å². The Morgan fingerprint density at radius 2 is 1.44 bits per heavy atom. The van der Waals surface area contributed by atoms with Gasteiger partial charge in [-0.25, -0.2) is 0 Å². The Hall–Kier alpha value is -2.85. The van der Waals surface area contributed by atoms with E-state index in [-0.39, 0.29) is 0 Å². The van der Waals surface area contributed by atoms with Gasteiger partial charge in [-0.15, -0.1) is 12.8 Å². The van der Waals surface area contributed by atoms with Crippen LogP contribution in [0.2, 0.25) is 0 Å². The first kappa shape index (κ1) is 18.5. The zero-order valence-corrected chi connectivity index (χ0v) is 14.2. The van der Waals surface area contributed by atoms with Crippen LogP contribution in [0, 0.1) is 24.7 Å². The molecule has 0 atom stereocenters. The van der Waals surface area contributed by atoms with Crippen molar-refractivity contribution in [2.75, 3.05) is 26.3 Å². The molecule has 0 bridgehead atoms. The Morgan fingerprint density at radius 3 is 1.92 bits per heavy atom. The molecule has 0 aromatic heterocycles. The summed E-state index contributed by atoms with van der Waals surface area (Å²) in [5, 5.41) is 0. The van der Waals surface area contributed by atoms with Crippen LogP contribution in [0.15, 0.2) is 48.5 Å². The molecule has 1 fully saturated rings. The lowest BCUT2D eigenvalue weighted by atomic mass is 10.1. The summed E-state index contributed by atoms with van der Waals surface area (Å²) in [4.78, 5) is 12.6. The lowest BCUT2D eigenvalue weighted by Crippen LogP contribution is -2.35. The maximum Gasteiger partial charge on any atom is 0.150 e. The molecule has 0 saturated carbocycles. The largest absolute Gasteiger partial charge is 0.379 e. The predicted octanol–water partition coefficient (Wildman–Crippen LogP) is 2.98. The van der Waals surface area contributed by atoms with E-state index in [2.05, 4.69) is 28.9 Å².